The number of rotatable bonds is 19. The lowest BCUT2D eigenvalue weighted by molar-refractivity contribution is -0.137. The van der Waals surface area contributed by atoms with Gasteiger partial charge in [-0.3, -0.25) is 23.9 Å². The topological polar surface area (TPSA) is 82.8 Å². The summed E-state index contributed by atoms with van der Waals surface area (Å²) in [6.07, 6.45) is 15.4. The van der Waals surface area contributed by atoms with Crippen LogP contribution in [0.4, 0.5) is 17.1 Å². The van der Waals surface area contributed by atoms with Crippen LogP contribution in [0, 0.1) is 0 Å². The lowest BCUT2D eigenvalue weighted by Gasteiger charge is -2.35. The van der Waals surface area contributed by atoms with Gasteiger partial charge in [0.2, 0.25) is 0 Å². The first-order valence-corrected chi connectivity index (χ1v) is 27.2. The van der Waals surface area contributed by atoms with Gasteiger partial charge in [0.1, 0.15) is 20.4 Å². The van der Waals surface area contributed by atoms with Crippen LogP contribution in [0.3, 0.4) is 0 Å². The Hall–Kier alpha value is -5.55. The van der Waals surface area contributed by atoms with Crippen molar-refractivity contribution in [2.75, 3.05) is 11.4 Å². The third-order valence-corrected chi connectivity index (χ3v) is 17.6. The number of hydrogen-bond acceptors (Lipinski definition) is 7. The van der Waals surface area contributed by atoms with E-state index in [1.54, 1.807) is 6.08 Å². The first-order valence-electron chi connectivity index (χ1n) is 25.1. The fourth-order valence-corrected chi connectivity index (χ4v) is 14.1. The second-order valence-corrected chi connectivity index (χ2v) is 21.7. The summed E-state index contributed by atoms with van der Waals surface area (Å²) in [5, 5.41) is 9.84. The molecule has 356 valence electrons. The largest absolute Gasteiger partial charge is 0.480 e. The van der Waals surface area contributed by atoms with Gasteiger partial charge in [0.25, 0.3) is 11.5 Å². The number of hydrogen-bond donors (Lipinski definition) is 1. The number of unbranched alkanes of at least 4 members (excludes halogenated alkanes) is 4. The molecule has 1 amide bonds. The maximum absolute atomic E-state index is 14.0. The van der Waals surface area contributed by atoms with E-state index in [2.05, 4.69) is 130 Å². The van der Waals surface area contributed by atoms with E-state index in [1.807, 2.05) is 19.1 Å². The summed E-state index contributed by atoms with van der Waals surface area (Å²) in [6, 6.07) is 40.8. The standard InChI is InChI=1S/C59H63N3O4S3/c1-6-11-31-58(32-12-7-2)47-21-17-15-19-43(47)45-29-27-41(36-49(45)58)62(42-28-30-46-44-20-16-18-22-48(44)59(33-13-8-3,34-14-9-4)50(46)37-42)40-25-23-39(24-26-40)35-51-54(65)61(38-52(63)64)56(68-51)53-55(66)60(10-5)57(67)69-53/h15-30,35-37H,6-14,31-34,38H2,1-5H3,(H,63,64)/b51-35+,56-53-. The van der Waals surface area contributed by atoms with Gasteiger partial charge < -0.3 is 10.0 Å². The molecule has 1 fully saturated rings. The van der Waals surface area contributed by atoms with E-state index in [0.717, 1.165) is 123 Å². The summed E-state index contributed by atoms with van der Waals surface area (Å²) in [4.78, 5) is 43.6. The first kappa shape index (κ1) is 48.5. The summed E-state index contributed by atoms with van der Waals surface area (Å²) < 4.78 is 2.24. The van der Waals surface area contributed by atoms with Crippen molar-refractivity contribution in [3.8, 4) is 22.3 Å². The molecule has 69 heavy (non-hydrogen) atoms. The summed E-state index contributed by atoms with van der Waals surface area (Å²) in [7, 11) is 0. The monoisotopic (exact) mass is 973 g/mol. The Bertz CT molecular complexity index is 3000. The van der Waals surface area contributed by atoms with Crippen molar-refractivity contribution in [1.82, 2.24) is 9.47 Å². The number of carbonyl (C=O) groups is 2. The average Bonchev–Trinajstić information content (AvgIpc) is 4.02. The van der Waals surface area contributed by atoms with Gasteiger partial charge in [-0.05, 0) is 125 Å². The van der Waals surface area contributed by atoms with Crippen LogP contribution in [0.25, 0.3) is 33.2 Å². The molecular formula is C59H63N3O4S3. The van der Waals surface area contributed by atoms with Crippen LogP contribution in [0.2, 0.25) is 0 Å². The van der Waals surface area contributed by atoms with Gasteiger partial charge in [-0.15, -0.1) is 11.3 Å². The van der Waals surface area contributed by atoms with Crippen LogP contribution in [-0.4, -0.2) is 37.3 Å². The van der Waals surface area contributed by atoms with Gasteiger partial charge in [-0.1, -0.05) is 176 Å². The molecule has 9 rings (SSSR count). The summed E-state index contributed by atoms with van der Waals surface area (Å²) >= 11 is 7.73. The van der Waals surface area contributed by atoms with E-state index in [-0.39, 0.29) is 21.6 Å². The highest BCUT2D eigenvalue weighted by Gasteiger charge is 2.44. The minimum absolute atomic E-state index is 0.0831. The molecule has 0 atom stereocenters. The van der Waals surface area contributed by atoms with Crippen LogP contribution < -0.4 is 19.7 Å². The predicted octanol–water partition coefficient (Wildman–Crippen LogP) is 13.6. The minimum Gasteiger partial charge on any atom is -0.480 e. The molecule has 1 saturated heterocycles. The molecule has 1 aromatic heterocycles. The highest BCUT2D eigenvalue weighted by atomic mass is 32.2. The highest BCUT2D eigenvalue weighted by molar-refractivity contribution is 8.30. The molecule has 7 nitrogen and oxygen atoms in total. The zero-order valence-corrected chi connectivity index (χ0v) is 43.1. The van der Waals surface area contributed by atoms with Gasteiger partial charge in [0.15, 0.2) is 0 Å². The molecule has 10 heteroatoms. The number of fused-ring (bicyclic) bond motifs is 6. The molecule has 2 heterocycles. The van der Waals surface area contributed by atoms with E-state index in [9.17, 15) is 19.5 Å². The molecule has 5 aromatic carbocycles. The lowest BCUT2D eigenvalue weighted by Crippen LogP contribution is -2.35. The van der Waals surface area contributed by atoms with Crippen molar-refractivity contribution in [2.45, 2.75) is 129 Å². The molecule has 0 radical (unpaired) electrons. The second kappa shape index (κ2) is 20.4. The molecule has 0 saturated carbocycles. The van der Waals surface area contributed by atoms with Gasteiger partial charge in [0.05, 0.1) is 4.53 Å². The Morgan fingerprint density at radius 2 is 1.10 bits per heavy atom. The summed E-state index contributed by atoms with van der Waals surface area (Å²) in [5.74, 6) is -1.47. The van der Waals surface area contributed by atoms with Gasteiger partial charge in [-0.25, -0.2) is 0 Å². The zero-order valence-electron chi connectivity index (χ0n) is 40.6. The third-order valence-electron chi connectivity index (χ3n) is 14.9. The SMILES string of the molecule is CCCCC1(CCCC)c2ccccc2-c2ccc(N(c3ccc(/C=c4/s/c(=C5\SC(=S)N(CC)C5=O)n(CC(=O)O)c4=O)cc3)c3ccc4c(c3)C(CCCC)(CCCC)c3ccccc3-4)cc21. The van der Waals surface area contributed by atoms with Gasteiger partial charge in [0, 0.05) is 34.4 Å². The van der Waals surface area contributed by atoms with Crippen LogP contribution in [0.5, 0.6) is 0 Å². The quantitative estimate of drug-likeness (QED) is 0.0810. The fourth-order valence-electron chi connectivity index (χ4n) is 11.5. The van der Waals surface area contributed by atoms with E-state index in [4.69, 9.17) is 12.2 Å². The number of carboxylic acid groups (broad SMARTS) is 1. The van der Waals surface area contributed by atoms with Crippen LogP contribution in [0.1, 0.15) is 139 Å². The van der Waals surface area contributed by atoms with Crippen molar-refractivity contribution in [3.05, 3.63) is 157 Å². The number of thiocarbonyl (C=S) groups is 1. The van der Waals surface area contributed by atoms with E-state index < -0.39 is 18.1 Å². The van der Waals surface area contributed by atoms with Gasteiger partial charge in [-0.2, -0.15) is 0 Å². The molecular weight excluding hydrogens is 911 g/mol. The van der Waals surface area contributed by atoms with Crippen LogP contribution in [0.15, 0.2) is 114 Å². The predicted molar refractivity (Wildman–Crippen MR) is 292 cm³/mol. The fraction of sp³-hybridized carbons (Fsp3) is 0.356. The molecule has 3 aliphatic rings. The Kier molecular flexibility index (Phi) is 14.3. The number of aliphatic carboxylic acids is 1. The first-order chi connectivity index (χ1) is 33.5. The van der Waals surface area contributed by atoms with E-state index in [1.165, 1.54) is 54.0 Å². The maximum atomic E-state index is 14.0. The van der Waals surface area contributed by atoms with Crippen molar-refractivity contribution in [1.29, 1.82) is 0 Å². The number of carboxylic acids is 1. The maximum Gasteiger partial charge on any atom is 0.323 e. The van der Waals surface area contributed by atoms with Gasteiger partial charge >= 0.3 is 5.97 Å². The van der Waals surface area contributed by atoms with E-state index in [0.29, 0.717) is 20.1 Å². The average molecular weight is 974 g/mol. The number of carbonyl (C=O) groups excluding carboxylic acids is 1. The number of thioether (sulfide) groups is 1. The van der Waals surface area contributed by atoms with Crippen LogP contribution >= 0.6 is 35.3 Å². The Labute approximate surface area is 420 Å². The minimum atomic E-state index is -1.16. The highest BCUT2D eigenvalue weighted by Crippen LogP contribution is 2.57. The molecule has 0 spiro atoms. The normalized spacial score (nSPS) is 16.2. The zero-order chi connectivity index (χ0) is 48.5. The molecule has 2 aliphatic carbocycles. The van der Waals surface area contributed by atoms with Crippen molar-refractivity contribution in [2.24, 2.45) is 0 Å². The van der Waals surface area contributed by atoms with Crippen LogP contribution in [-0.2, 0) is 27.0 Å². The number of benzene rings is 5. The molecule has 0 unspecified atom stereocenters. The number of aromatic nitrogens is 1. The summed E-state index contributed by atoms with van der Waals surface area (Å²) in [5.41, 5.74) is 14.5. The Balaban J connectivity index is 1.22. The van der Waals surface area contributed by atoms with E-state index >= 15 is 0 Å². The molecule has 1 N–H and O–H groups in total. The molecule has 0 bridgehead atoms. The molecule has 1 aliphatic heterocycles. The summed E-state index contributed by atoms with van der Waals surface area (Å²) in [6.45, 7) is 10.9. The van der Waals surface area contributed by atoms with Crippen molar-refractivity contribution < 1.29 is 14.7 Å². The number of anilines is 3. The Morgan fingerprint density at radius 3 is 1.55 bits per heavy atom. The molecule has 6 aromatic rings. The van der Waals surface area contributed by atoms with Crippen molar-refractivity contribution >= 4 is 79.6 Å². The lowest BCUT2D eigenvalue weighted by atomic mass is 9.70. The number of amides is 1. The van der Waals surface area contributed by atoms with Crippen molar-refractivity contribution in [3.63, 3.8) is 0 Å². The number of thiazole rings is 1. The second-order valence-electron chi connectivity index (χ2n) is 19.0. The number of nitrogens with zero attached hydrogens (tertiary/aromatic N) is 3. The Morgan fingerprint density at radius 1 is 0.638 bits per heavy atom. The third kappa shape index (κ3) is 8.65. The smallest absolute Gasteiger partial charge is 0.323 e.